The highest BCUT2D eigenvalue weighted by Gasteiger charge is 2.14. The van der Waals surface area contributed by atoms with Gasteiger partial charge in [-0.25, -0.2) is 13.4 Å². The number of hydrogen-bond acceptors (Lipinski definition) is 6. The zero-order valence-electron chi connectivity index (χ0n) is 13.0. The van der Waals surface area contributed by atoms with Crippen molar-refractivity contribution in [2.24, 2.45) is 0 Å². The first-order chi connectivity index (χ1) is 11.8. The summed E-state index contributed by atoms with van der Waals surface area (Å²) in [6.45, 7) is 0. The minimum atomic E-state index is -3.39. The van der Waals surface area contributed by atoms with Crippen molar-refractivity contribution < 1.29 is 17.6 Å². The van der Waals surface area contributed by atoms with Gasteiger partial charge in [-0.05, 0) is 30.3 Å². The largest absolute Gasteiger partial charge is 0.462 e. The monoisotopic (exact) mass is 396 g/mol. The number of hydrogen-bond donors (Lipinski definition) is 1. The molecule has 3 aromatic rings. The van der Waals surface area contributed by atoms with Crippen molar-refractivity contribution in [1.29, 1.82) is 0 Å². The number of nitrogens with one attached hydrogen (secondary N) is 1. The summed E-state index contributed by atoms with van der Waals surface area (Å²) in [7, 11) is -3.39. The van der Waals surface area contributed by atoms with Gasteiger partial charge in [0.1, 0.15) is 0 Å². The molecule has 6 nitrogen and oxygen atoms in total. The molecule has 0 unspecified atom stereocenters. The molecule has 1 aromatic carbocycles. The van der Waals surface area contributed by atoms with Crippen molar-refractivity contribution >= 4 is 44.4 Å². The maximum Gasteiger partial charge on any atom is 0.230 e. The van der Waals surface area contributed by atoms with E-state index >= 15 is 0 Å². The van der Waals surface area contributed by atoms with E-state index in [-0.39, 0.29) is 27.9 Å². The Labute approximate surface area is 153 Å². The molecule has 0 spiro atoms. The Morgan fingerprint density at radius 2 is 2.16 bits per heavy atom. The number of carbonyl (C=O) groups excluding carboxylic acids is 1. The van der Waals surface area contributed by atoms with Crippen molar-refractivity contribution in [3.63, 3.8) is 0 Å². The Balaban J connectivity index is 1.73. The summed E-state index contributed by atoms with van der Waals surface area (Å²) in [6, 6.07) is 7.72. The van der Waals surface area contributed by atoms with Gasteiger partial charge in [0, 0.05) is 11.6 Å². The number of benzene rings is 1. The standard InChI is InChI=1S/C16H13ClN2O4S2/c1-25(21,22)11-4-5-12(17)13(8-11)19-15(20)7-10-9-24-16(18-10)14-3-2-6-23-14/h2-6,8-9H,7H2,1H3,(H,19,20). The van der Waals surface area contributed by atoms with Crippen molar-refractivity contribution in [1.82, 2.24) is 4.98 Å². The van der Waals surface area contributed by atoms with Gasteiger partial charge in [-0.3, -0.25) is 4.79 Å². The lowest BCUT2D eigenvalue weighted by molar-refractivity contribution is -0.115. The minimum Gasteiger partial charge on any atom is -0.462 e. The fraction of sp³-hybridized carbons (Fsp3) is 0.125. The van der Waals surface area contributed by atoms with E-state index in [0.29, 0.717) is 16.5 Å². The molecule has 0 radical (unpaired) electrons. The lowest BCUT2D eigenvalue weighted by atomic mass is 10.3. The van der Waals surface area contributed by atoms with Gasteiger partial charge < -0.3 is 9.73 Å². The van der Waals surface area contributed by atoms with Crippen LogP contribution in [-0.4, -0.2) is 25.6 Å². The number of aromatic nitrogens is 1. The fourth-order valence-electron chi connectivity index (χ4n) is 2.09. The van der Waals surface area contributed by atoms with Crippen LogP contribution >= 0.6 is 22.9 Å². The van der Waals surface area contributed by atoms with E-state index < -0.39 is 9.84 Å². The summed E-state index contributed by atoms with van der Waals surface area (Å²) >= 11 is 7.40. The van der Waals surface area contributed by atoms with E-state index in [2.05, 4.69) is 10.3 Å². The smallest absolute Gasteiger partial charge is 0.230 e. The van der Waals surface area contributed by atoms with Gasteiger partial charge in [0.05, 0.1) is 34.0 Å². The van der Waals surface area contributed by atoms with E-state index in [4.69, 9.17) is 16.0 Å². The van der Waals surface area contributed by atoms with Gasteiger partial charge >= 0.3 is 0 Å². The third-order valence-corrected chi connectivity index (χ3v) is 5.61. The number of rotatable bonds is 5. The second-order valence-corrected chi connectivity index (χ2v) is 8.54. The van der Waals surface area contributed by atoms with Crippen LogP contribution in [0.5, 0.6) is 0 Å². The minimum absolute atomic E-state index is 0.0383. The molecule has 130 valence electrons. The Morgan fingerprint density at radius 1 is 1.36 bits per heavy atom. The van der Waals surface area contributed by atoms with E-state index in [1.165, 1.54) is 29.5 Å². The Hall–Kier alpha value is -2.16. The third-order valence-electron chi connectivity index (χ3n) is 3.27. The quantitative estimate of drug-likeness (QED) is 0.711. The molecular weight excluding hydrogens is 384 g/mol. The van der Waals surface area contributed by atoms with Crippen LogP contribution in [0.2, 0.25) is 5.02 Å². The molecule has 9 heteroatoms. The zero-order valence-corrected chi connectivity index (χ0v) is 15.4. The van der Waals surface area contributed by atoms with Gasteiger partial charge in [0.25, 0.3) is 0 Å². The van der Waals surface area contributed by atoms with Gasteiger partial charge in [-0.15, -0.1) is 11.3 Å². The first kappa shape index (κ1) is 17.7. The average Bonchev–Trinajstić information content (AvgIpc) is 3.19. The van der Waals surface area contributed by atoms with Crippen molar-refractivity contribution in [2.45, 2.75) is 11.3 Å². The highest BCUT2D eigenvalue weighted by molar-refractivity contribution is 7.90. The Bertz CT molecular complexity index is 1010. The lowest BCUT2D eigenvalue weighted by Crippen LogP contribution is -2.15. The number of amides is 1. The van der Waals surface area contributed by atoms with E-state index in [1.807, 2.05) is 0 Å². The number of sulfone groups is 1. The first-order valence-corrected chi connectivity index (χ1v) is 10.3. The molecule has 2 heterocycles. The zero-order chi connectivity index (χ0) is 18.0. The van der Waals surface area contributed by atoms with Crippen LogP contribution < -0.4 is 5.32 Å². The van der Waals surface area contributed by atoms with Gasteiger partial charge in [-0.2, -0.15) is 0 Å². The molecule has 3 rings (SSSR count). The molecule has 0 saturated carbocycles. The predicted molar refractivity (Wildman–Crippen MR) is 96.7 cm³/mol. The van der Waals surface area contributed by atoms with Gasteiger partial charge in [0.15, 0.2) is 20.6 Å². The van der Waals surface area contributed by atoms with Crippen molar-refractivity contribution in [2.75, 3.05) is 11.6 Å². The maximum atomic E-state index is 12.2. The second kappa shape index (κ2) is 6.99. The number of anilines is 1. The summed E-state index contributed by atoms with van der Waals surface area (Å²) in [4.78, 5) is 16.6. The number of furan rings is 1. The van der Waals surface area contributed by atoms with E-state index in [9.17, 15) is 13.2 Å². The third kappa shape index (κ3) is 4.28. The Morgan fingerprint density at radius 3 is 2.84 bits per heavy atom. The van der Waals surface area contributed by atoms with Crippen LogP contribution in [0.15, 0.2) is 51.3 Å². The highest BCUT2D eigenvalue weighted by atomic mass is 35.5. The molecule has 25 heavy (non-hydrogen) atoms. The van der Waals surface area contributed by atoms with Crippen LogP contribution in [-0.2, 0) is 21.1 Å². The highest BCUT2D eigenvalue weighted by Crippen LogP contribution is 2.26. The molecule has 0 atom stereocenters. The van der Waals surface area contributed by atoms with Crippen molar-refractivity contribution in [3.8, 4) is 10.8 Å². The van der Waals surface area contributed by atoms with Crippen LogP contribution in [0.1, 0.15) is 5.69 Å². The van der Waals surface area contributed by atoms with Crippen molar-refractivity contribution in [3.05, 3.63) is 52.7 Å². The molecule has 0 bridgehead atoms. The first-order valence-electron chi connectivity index (χ1n) is 7.10. The molecule has 0 saturated heterocycles. The van der Waals surface area contributed by atoms with Crippen LogP contribution in [0.25, 0.3) is 10.8 Å². The molecule has 1 amide bonds. The molecule has 0 aliphatic carbocycles. The lowest BCUT2D eigenvalue weighted by Gasteiger charge is -2.08. The summed E-state index contributed by atoms with van der Waals surface area (Å²) in [5.74, 6) is 0.296. The maximum absolute atomic E-state index is 12.2. The molecule has 1 N–H and O–H groups in total. The SMILES string of the molecule is CS(=O)(=O)c1ccc(Cl)c(NC(=O)Cc2csc(-c3ccco3)n2)c1. The summed E-state index contributed by atoms with van der Waals surface area (Å²) in [5, 5.41) is 5.34. The number of nitrogens with zero attached hydrogens (tertiary/aromatic N) is 1. The molecule has 0 aliphatic heterocycles. The summed E-state index contributed by atoms with van der Waals surface area (Å²) < 4.78 is 28.5. The van der Waals surface area contributed by atoms with E-state index in [1.54, 1.807) is 23.8 Å². The van der Waals surface area contributed by atoms with Crippen LogP contribution in [0.4, 0.5) is 5.69 Å². The number of thiazole rings is 1. The normalized spacial score (nSPS) is 11.4. The predicted octanol–water partition coefficient (Wildman–Crippen LogP) is 3.64. The van der Waals surface area contributed by atoms with Gasteiger partial charge in [0.2, 0.25) is 5.91 Å². The van der Waals surface area contributed by atoms with Crippen LogP contribution in [0.3, 0.4) is 0 Å². The number of halogens is 1. The second-order valence-electron chi connectivity index (χ2n) is 5.26. The Kier molecular flexibility index (Phi) is 4.94. The average molecular weight is 397 g/mol. The molecule has 2 aromatic heterocycles. The molecule has 0 fully saturated rings. The van der Waals surface area contributed by atoms with Crippen LogP contribution in [0, 0.1) is 0 Å². The summed E-state index contributed by atoms with van der Waals surface area (Å²) in [5.41, 5.74) is 0.834. The summed E-state index contributed by atoms with van der Waals surface area (Å²) in [6.07, 6.45) is 2.68. The topological polar surface area (TPSA) is 89.3 Å². The molecule has 0 aliphatic rings. The number of carbonyl (C=O) groups is 1. The van der Waals surface area contributed by atoms with Gasteiger partial charge in [-0.1, -0.05) is 11.6 Å². The molecular formula is C16H13ClN2O4S2. The fourth-order valence-corrected chi connectivity index (χ4v) is 3.69. The van der Waals surface area contributed by atoms with E-state index in [0.717, 1.165) is 6.26 Å².